The Morgan fingerprint density at radius 3 is 2.15 bits per heavy atom. The molecule has 0 spiro atoms. The lowest BCUT2D eigenvalue weighted by molar-refractivity contribution is -0.578. The van der Waals surface area contributed by atoms with Crippen LogP contribution in [-0.4, -0.2) is 4.99 Å². The second-order valence-corrected chi connectivity index (χ2v) is 6.34. The van der Waals surface area contributed by atoms with Crippen LogP contribution in [0.25, 0.3) is 11.5 Å². The first-order chi connectivity index (χ1) is 12.9. The molecule has 0 fully saturated rings. The maximum absolute atomic E-state index is 13.2. The summed E-state index contributed by atoms with van der Waals surface area (Å²) in [6, 6.07) is 14.6. The Bertz CT molecular complexity index is 999. The number of thiocarbonyl (C=S) groups is 1. The largest absolute Gasteiger partial charge is 0.867 e. The van der Waals surface area contributed by atoms with Gasteiger partial charge in [0.05, 0.1) is 0 Å². The maximum atomic E-state index is 13.2. The number of nitrogens with one attached hydrogen (secondary N) is 1. The van der Waals surface area contributed by atoms with E-state index in [2.05, 4.69) is 5.32 Å². The molecule has 0 aliphatic rings. The number of rotatable bonds is 4. The third kappa shape index (κ3) is 4.54. The fourth-order valence-electron chi connectivity index (χ4n) is 2.53. The van der Waals surface area contributed by atoms with Gasteiger partial charge in [-0.3, -0.25) is 0 Å². The van der Waals surface area contributed by atoms with Gasteiger partial charge in [0.25, 0.3) is 0 Å². The highest BCUT2D eigenvalue weighted by Gasteiger charge is 2.19. The van der Waals surface area contributed by atoms with Crippen LogP contribution in [-0.2, 0) is 0 Å². The summed E-state index contributed by atoms with van der Waals surface area (Å²) in [5, 5.41) is 16.0. The predicted octanol–water partition coefficient (Wildman–Crippen LogP) is 3.69. The molecule has 0 aliphatic carbocycles. The molecule has 0 saturated carbocycles. The van der Waals surface area contributed by atoms with Gasteiger partial charge < -0.3 is 10.4 Å². The molecule has 2 aromatic carbocycles. The average molecular weight is 382 g/mol. The first kappa shape index (κ1) is 18.7. The highest BCUT2D eigenvalue weighted by Crippen LogP contribution is 2.18. The summed E-state index contributed by atoms with van der Waals surface area (Å²) in [7, 11) is 0. The lowest BCUT2D eigenvalue weighted by Crippen LogP contribution is -2.40. The third-order valence-electron chi connectivity index (χ3n) is 3.85. The smallest absolute Gasteiger partial charge is 0.238 e. The number of anilines is 1. The number of halogens is 2. The van der Waals surface area contributed by atoms with Gasteiger partial charge in [0, 0.05) is 17.3 Å². The summed E-state index contributed by atoms with van der Waals surface area (Å²) >= 11 is 5.46. The summed E-state index contributed by atoms with van der Waals surface area (Å²) in [6.45, 7) is 1.90. The minimum atomic E-state index is -0.427. The summed E-state index contributed by atoms with van der Waals surface area (Å²) in [5.41, 5.74) is 2.01. The van der Waals surface area contributed by atoms with E-state index in [0.29, 0.717) is 11.3 Å². The summed E-state index contributed by atoms with van der Waals surface area (Å²) in [6.07, 6.45) is 3.48. The lowest BCUT2D eigenvalue weighted by Gasteiger charge is -2.17. The Morgan fingerprint density at radius 1 is 0.963 bits per heavy atom. The molecule has 3 rings (SSSR count). The van der Waals surface area contributed by atoms with Crippen molar-refractivity contribution in [1.82, 2.24) is 0 Å². The Kier molecular flexibility index (Phi) is 5.57. The topological polar surface area (TPSA) is 39.0 Å². The van der Waals surface area contributed by atoms with Crippen LogP contribution in [0.3, 0.4) is 0 Å². The third-order valence-corrected chi connectivity index (χ3v) is 4.14. The Labute approximate surface area is 161 Å². The number of pyridine rings is 1. The summed E-state index contributed by atoms with van der Waals surface area (Å²) in [4.78, 5) is 0.173. The Morgan fingerprint density at radius 2 is 1.56 bits per heavy atom. The fraction of sp³-hybridized carbons (Fsp3) is 0.0476. The van der Waals surface area contributed by atoms with Crippen molar-refractivity contribution in [3.63, 3.8) is 0 Å². The summed E-state index contributed by atoms with van der Waals surface area (Å²) < 4.78 is 28.0. The van der Waals surface area contributed by atoms with Crippen molar-refractivity contribution >= 4 is 34.3 Å². The number of aromatic nitrogens is 1. The molecule has 1 aromatic heterocycles. The Hall–Kier alpha value is -3.12. The van der Waals surface area contributed by atoms with Gasteiger partial charge in [-0.1, -0.05) is 24.4 Å². The van der Waals surface area contributed by atoms with Crippen LogP contribution in [0, 0.1) is 18.6 Å². The molecule has 1 N–H and O–H groups in total. The van der Waals surface area contributed by atoms with Crippen molar-refractivity contribution in [2.45, 2.75) is 6.92 Å². The van der Waals surface area contributed by atoms with E-state index in [1.807, 2.05) is 13.0 Å². The van der Waals surface area contributed by atoms with E-state index in [1.165, 1.54) is 48.5 Å². The summed E-state index contributed by atoms with van der Waals surface area (Å²) in [5.74, 6) is -1.15. The molecule has 0 unspecified atom stereocenters. The van der Waals surface area contributed by atoms with Crippen molar-refractivity contribution in [2.75, 3.05) is 5.32 Å². The number of benzene rings is 2. The molecule has 1 heterocycles. The molecule has 0 aliphatic heterocycles. The predicted molar refractivity (Wildman–Crippen MR) is 104 cm³/mol. The molecule has 0 saturated heterocycles. The van der Waals surface area contributed by atoms with Crippen molar-refractivity contribution in [3.05, 3.63) is 95.8 Å². The number of hydrogen-bond donors (Lipinski definition) is 1. The van der Waals surface area contributed by atoms with Crippen molar-refractivity contribution in [3.8, 4) is 0 Å². The SMILES string of the molecule is Cc1ccc[n+](C(C(=S)Nc2ccc(F)cc2)=C([O-])c2ccc(F)cc2)c1. The van der Waals surface area contributed by atoms with Crippen LogP contribution in [0.1, 0.15) is 11.1 Å². The highest BCUT2D eigenvalue weighted by molar-refractivity contribution is 7.81. The minimum Gasteiger partial charge on any atom is -0.867 e. The average Bonchev–Trinajstić information content (AvgIpc) is 2.64. The maximum Gasteiger partial charge on any atom is 0.238 e. The van der Waals surface area contributed by atoms with Gasteiger partial charge in [0.15, 0.2) is 17.4 Å². The quantitative estimate of drug-likeness (QED) is 0.324. The standard InChI is InChI=1S/C21H16F2N2OS/c1-14-3-2-12-25(13-14)19(20(26)15-4-6-16(22)7-5-15)21(27)24-18-10-8-17(23)9-11-18/h2-13H,1H3,(H-,24,26,27). The van der Waals surface area contributed by atoms with Crippen LogP contribution >= 0.6 is 12.2 Å². The molecule has 3 nitrogen and oxygen atoms in total. The van der Waals surface area contributed by atoms with Gasteiger partial charge in [0.1, 0.15) is 11.6 Å². The van der Waals surface area contributed by atoms with E-state index in [4.69, 9.17) is 12.2 Å². The van der Waals surface area contributed by atoms with Gasteiger partial charge in [-0.25, -0.2) is 8.78 Å². The zero-order valence-electron chi connectivity index (χ0n) is 14.4. The van der Waals surface area contributed by atoms with E-state index in [1.54, 1.807) is 23.0 Å². The minimum absolute atomic E-state index is 0.173. The fourth-order valence-corrected chi connectivity index (χ4v) is 2.85. The van der Waals surface area contributed by atoms with Gasteiger partial charge in [-0.2, -0.15) is 4.57 Å². The van der Waals surface area contributed by atoms with Crippen LogP contribution in [0.5, 0.6) is 0 Å². The first-order valence-electron chi connectivity index (χ1n) is 8.16. The van der Waals surface area contributed by atoms with E-state index >= 15 is 0 Å². The molecule has 27 heavy (non-hydrogen) atoms. The van der Waals surface area contributed by atoms with Crippen LogP contribution in [0.2, 0.25) is 0 Å². The normalized spacial score (nSPS) is 11.7. The number of hydrogen-bond acceptors (Lipinski definition) is 2. The Balaban J connectivity index is 2.06. The first-order valence-corrected chi connectivity index (χ1v) is 8.57. The van der Waals surface area contributed by atoms with Gasteiger partial charge in [-0.05, 0) is 60.7 Å². The van der Waals surface area contributed by atoms with Crippen molar-refractivity contribution < 1.29 is 18.5 Å². The molecular formula is C21H16F2N2OS. The molecule has 3 aromatic rings. The second kappa shape index (κ2) is 8.05. The highest BCUT2D eigenvalue weighted by atomic mass is 32.1. The zero-order valence-corrected chi connectivity index (χ0v) is 15.3. The molecule has 136 valence electrons. The number of nitrogens with zero attached hydrogens (tertiary/aromatic N) is 1. The number of aryl methyl sites for hydroxylation is 1. The van der Waals surface area contributed by atoms with Gasteiger partial charge in [0.2, 0.25) is 5.70 Å². The zero-order chi connectivity index (χ0) is 19.4. The van der Waals surface area contributed by atoms with Gasteiger partial charge in [-0.15, -0.1) is 0 Å². The van der Waals surface area contributed by atoms with E-state index in [9.17, 15) is 13.9 Å². The van der Waals surface area contributed by atoms with E-state index in [-0.39, 0.29) is 22.3 Å². The van der Waals surface area contributed by atoms with E-state index in [0.717, 1.165) is 5.56 Å². The van der Waals surface area contributed by atoms with Crippen LogP contribution in [0.15, 0.2) is 73.1 Å². The molecular weight excluding hydrogens is 366 g/mol. The monoisotopic (exact) mass is 382 g/mol. The van der Waals surface area contributed by atoms with Crippen LogP contribution in [0.4, 0.5) is 14.5 Å². The molecule has 0 amide bonds. The van der Waals surface area contributed by atoms with E-state index < -0.39 is 5.82 Å². The second-order valence-electron chi connectivity index (χ2n) is 5.93. The van der Waals surface area contributed by atoms with Crippen LogP contribution < -0.4 is 15.0 Å². The molecule has 0 atom stereocenters. The molecule has 6 heteroatoms. The van der Waals surface area contributed by atoms with Crippen molar-refractivity contribution in [2.24, 2.45) is 0 Å². The van der Waals surface area contributed by atoms with Gasteiger partial charge >= 0.3 is 0 Å². The lowest BCUT2D eigenvalue weighted by atomic mass is 10.1. The molecule has 0 bridgehead atoms. The van der Waals surface area contributed by atoms with Crippen molar-refractivity contribution in [1.29, 1.82) is 0 Å². The molecule has 0 radical (unpaired) electrons.